The van der Waals surface area contributed by atoms with Crippen molar-refractivity contribution >= 4 is 5.91 Å². The molecule has 3 atom stereocenters. The molecule has 74 valence electrons. The van der Waals surface area contributed by atoms with Gasteiger partial charge in [0.1, 0.15) is 11.8 Å². The number of hydrogen-bond donors (Lipinski definition) is 1. The second-order valence-electron chi connectivity index (χ2n) is 4.34. The Morgan fingerprint density at radius 1 is 1.62 bits per heavy atom. The Labute approximate surface area is 77.5 Å². The third-order valence-corrected chi connectivity index (χ3v) is 3.11. The van der Waals surface area contributed by atoms with Gasteiger partial charge in [0.05, 0.1) is 12.6 Å². The molecular weight excluding hydrogens is 170 g/mol. The molecule has 2 aliphatic rings. The minimum atomic E-state index is -0.840. The van der Waals surface area contributed by atoms with E-state index in [0.29, 0.717) is 6.61 Å². The molecule has 0 aliphatic carbocycles. The van der Waals surface area contributed by atoms with Crippen LogP contribution < -0.4 is 0 Å². The van der Waals surface area contributed by atoms with Crippen molar-refractivity contribution in [2.24, 2.45) is 5.92 Å². The highest BCUT2D eigenvalue weighted by atomic mass is 16.5. The minimum absolute atomic E-state index is 0.0192. The molecular formula is C9H15NO3. The lowest BCUT2D eigenvalue weighted by molar-refractivity contribution is -0.148. The summed E-state index contributed by atoms with van der Waals surface area (Å²) in [7, 11) is 0. The van der Waals surface area contributed by atoms with Gasteiger partial charge >= 0.3 is 0 Å². The number of nitrogens with zero attached hydrogens (tertiary/aromatic N) is 1. The quantitative estimate of drug-likeness (QED) is 0.576. The Bertz CT molecular complexity index is 251. The molecule has 13 heavy (non-hydrogen) atoms. The number of amides is 1. The van der Waals surface area contributed by atoms with Crippen LogP contribution in [0, 0.1) is 5.92 Å². The molecule has 0 radical (unpaired) electrons. The zero-order valence-corrected chi connectivity index (χ0v) is 8.15. The Balaban J connectivity index is 2.33. The fourth-order valence-corrected chi connectivity index (χ4v) is 2.23. The molecule has 1 unspecified atom stereocenters. The number of rotatable bonds is 0. The van der Waals surface area contributed by atoms with Crippen molar-refractivity contribution in [2.45, 2.75) is 38.6 Å². The summed E-state index contributed by atoms with van der Waals surface area (Å²) >= 11 is 0. The zero-order chi connectivity index (χ0) is 9.80. The van der Waals surface area contributed by atoms with E-state index >= 15 is 0 Å². The van der Waals surface area contributed by atoms with Gasteiger partial charge in [-0.3, -0.25) is 4.79 Å². The van der Waals surface area contributed by atoms with E-state index in [4.69, 9.17) is 4.74 Å². The smallest absolute Gasteiger partial charge is 0.254 e. The number of carbonyl (C=O) groups is 1. The van der Waals surface area contributed by atoms with Crippen LogP contribution in [0.4, 0.5) is 0 Å². The second kappa shape index (κ2) is 2.45. The SMILES string of the molecule is C[C@@H]1C(O)C(=O)N2[C@@H]1COC2(C)C. The van der Waals surface area contributed by atoms with E-state index in [1.54, 1.807) is 4.90 Å². The standard InChI is InChI=1S/C9H15NO3/c1-5-6-4-13-9(2,3)10(6)8(12)7(5)11/h5-7,11H,4H2,1-3H3/t5-,6+,7?/m0/s1. The maximum atomic E-state index is 11.6. The number of fused-ring (bicyclic) bond motifs is 1. The van der Waals surface area contributed by atoms with Crippen molar-refractivity contribution < 1.29 is 14.6 Å². The molecule has 0 aromatic carbocycles. The maximum absolute atomic E-state index is 11.6. The Hall–Kier alpha value is -0.610. The highest BCUT2D eigenvalue weighted by Crippen LogP contribution is 2.38. The van der Waals surface area contributed by atoms with Crippen LogP contribution in [0.15, 0.2) is 0 Å². The summed E-state index contributed by atoms with van der Waals surface area (Å²) in [6.45, 7) is 6.14. The van der Waals surface area contributed by atoms with Gasteiger partial charge < -0.3 is 14.7 Å². The van der Waals surface area contributed by atoms with Crippen LogP contribution in [0.1, 0.15) is 20.8 Å². The molecule has 2 fully saturated rings. The minimum Gasteiger partial charge on any atom is -0.383 e. The Morgan fingerprint density at radius 3 is 2.77 bits per heavy atom. The van der Waals surface area contributed by atoms with Crippen LogP contribution in [0.2, 0.25) is 0 Å². The third-order valence-electron chi connectivity index (χ3n) is 3.11. The average Bonchev–Trinajstić information content (AvgIpc) is 2.46. The van der Waals surface area contributed by atoms with Crippen molar-refractivity contribution in [1.29, 1.82) is 0 Å². The van der Waals surface area contributed by atoms with Crippen LogP contribution in [0.5, 0.6) is 0 Å². The molecule has 0 saturated carbocycles. The first-order valence-electron chi connectivity index (χ1n) is 4.60. The second-order valence-corrected chi connectivity index (χ2v) is 4.34. The molecule has 1 N–H and O–H groups in total. The van der Waals surface area contributed by atoms with E-state index in [2.05, 4.69) is 0 Å². The van der Waals surface area contributed by atoms with Gasteiger partial charge in [-0.2, -0.15) is 0 Å². The molecule has 0 aromatic heterocycles. The summed E-state index contributed by atoms with van der Waals surface area (Å²) in [6, 6.07) is 0.0532. The van der Waals surface area contributed by atoms with Gasteiger partial charge in [0.25, 0.3) is 5.91 Å². The lowest BCUT2D eigenvalue weighted by Crippen LogP contribution is -2.44. The van der Waals surface area contributed by atoms with Crippen molar-refractivity contribution in [1.82, 2.24) is 4.90 Å². The normalized spacial score (nSPS) is 42.6. The maximum Gasteiger partial charge on any atom is 0.254 e. The summed E-state index contributed by atoms with van der Waals surface area (Å²) in [5.41, 5.74) is -0.548. The first-order valence-corrected chi connectivity index (χ1v) is 4.60. The van der Waals surface area contributed by atoms with Crippen molar-refractivity contribution in [2.75, 3.05) is 6.61 Å². The predicted molar refractivity (Wildman–Crippen MR) is 45.8 cm³/mol. The summed E-state index contributed by atoms with van der Waals surface area (Å²) in [5, 5.41) is 9.56. The van der Waals surface area contributed by atoms with Gasteiger partial charge in [-0.25, -0.2) is 0 Å². The van der Waals surface area contributed by atoms with Crippen LogP contribution in [-0.4, -0.2) is 40.4 Å². The van der Waals surface area contributed by atoms with Gasteiger partial charge in [-0.05, 0) is 13.8 Å². The molecule has 2 saturated heterocycles. The van der Waals surface area contributed by atoms with Crippen LogP contribution in [0.25, 0.3) is 0 Å². The number of aliphatic hydroxyl groups excluding tert-OH is 1. The van der Waals surface area contributed by atoms with Crippen molar-refractivity contribution in [3.8, 4) is 0 Å². The van der Waals surface area contributed by atoms with E-state index in [9.17, 15) is 9.90 Å². The first kappa shape index (κ1) is 8.97. The number of hydrogen-bond acceptors (Lipinski definition) is 3. The molecule has 1 amide bonds. The molecule has 0 aromatic rings. The van der Waals surface area contributed by atoms with E-state index in [1.807, 2.05) is 20.8 Å². The number of aliphatic hydroxyl groups is 1. The fourth-order valence-electron chi connectivity index (χ4n) is 2.23. The van der Waals surface area contributed by atoms with Crippen LogP contribution in [0.3, 0.4) is 0 Å². The summed E-state index contributed by atoms with van der Waals surface area (Å²) in [4.78, 5) is 13.3. The summed E-state index contributed by atoms with van der Waals surface area (Å²) in [6.07, 6.45) is -0.840. The lowest BCUT2D eigenvalue weighted by atomic mass is 10.0. The van der Waals surface area contributed by atoms with Gasteiger partial charge in [0.2, 0.25) is 0 Å². The Kier molecular flexibility index (Phi) is 1.69. The molecule has 0 bridgehead atoms. The topological polar surface area (TPSA) is 49.8 Å². The van der Waals surface area contributed by atoms with Crippen LogP contribution >= 0.6 is 0 Å². The molecule has 0 spiro atoms. The van der Waals surface area contributed by atoms with E-state index < -0.39 is 11.8 Å². The molecule has 2 rings (SSSR count). The van der Waals surface area contributed by atoms with E-state index in [1.165, 1.54) is 0 Å². The molecule has 2 heterocycles. The summed E-state index contributed by atoms with van der Waals surface area (Å²) in [5.74, 6) is -0.214. The molecule has 4 nitrogen and oxygen atoms in total. The van der Waals surface area contributed by atoms with Crippen LogP contribution in [-0.2, 0) is 9.53 Å². The predicted octanol–water partition coefficient (Wildman–Crippen LogP) is -0.0395. The van der Waals surface area contributed by atoms with Crippen molar-refractivity contribution in [3.63, 3.8) is 0 Å². The van der Waals surface area contributed by atoms with E-state index in [-0.39, 0.29) is 17.9 Å². The van der Waals surface area contributed by atoms with Gasteiger partial charge in [-0.1, -0.05) is 6.92 Å². The highest BCUT2D eigenvalue weighted by Gasteiger charge is 2.55. The largest absolute Gasteiger partial charge is 0.383 e. The monoisotopic (exact) mass is 185 g/mol. The summed E-state index contributed by atoms with van der Waals surface area (Å²) < 4.78 is 5.49. The zero-order valence-electron chi connectivity index (χ0n) is 8.15. The average molecular weight is 185 g/mol. The van der Waals surface area contributed by atoms with Crippen molar-refractivity contribution in [3.05, 3.63) is 0 Å². The van der Waals surface area contributed by atoms with Gasteiger partial charge in [0, 0.05) is 5.92 Å². The number of ether oxygens (including phenoxy) is 1. The van der Waals surface area contributed by atoms with Gasteiger partial charge in [0.15, 0.2) is 0 Å². The fraction of sp³-hybridized carbons (Fsp3) is 0.889. The van der Waals surface area contributed by atoms with E-state index in [0.717, 1.165) is 0 Å². The highest BCUT2D eigenvalue weighted by molar-refractivity contribution is 5.84. The first-order chi connectivity index (χ1) is 5.95. The molecule has 2 aliphatic heterocycles. The third kappa shape index (κ3) is 1.02. The van der Waals surface area contributed by atoms with Gasteiger partial charge in [-0.15, -0.1) is 0 Å². The number of carbonyl (C=O) groups excluding carboxylic acids is 1. The molecule has 4 heteroatoms. The lowest BCUT2D eigenvalue weighted by Gasteiger charge is -2.29. The Morgan fingerprint density at radius 2 is 2.23 bits per heavy atom.